The van der Waals surface area contributed by atoms with Crippen molar-refractivity contribution >= 4 is 15.9 Å². The van der Waals surface area contributed by atoms with Gasteiger partial charge >= 0.3 is 29.6 Å². The van der Waals surface area contributed by atoms with E-state index in [9.17, 15) is 13.2 Å². The predicted molar refractivity (Wildman–Crippen MR) is 99.5 cm³/mol. The molecule has 0 bridgehead atoms. The zero-order chi connectivity index (χ0) is 19.4. The van der Waals surface area contributed by atoms with E-state index in [1.807, 2.05) is 30.3 Å². The van der Waals surface area contributed by atoms with Gasteiger partial charge in [0, 0.05) is 12.7 Å². The van der Waals surface area contributed by atoms with Crippen LogP contribution >= 0.6 is 0 Å². The fraction of sp³-hybridized carbons (Fsp3) is 0.158. The van der Waals surface area contributed by atoms with E-state index in [-0.39, 0.29) is 34.5 Å². The Hall–Kier alpha value is -1.97. The Morgan fingerprint density at radius 1 is 1.07 bits per heavy atom. The summed E-state index contributed by atoms with van der Waals surface area (Å²) in [4.78, 5) is 11.4. The molecule has 3 aromatic rings. The molecule has 140 valence electrons. The quantitative estimate of drug-likeness (QED) is 0.553. The number of rotatable bonds is 6. The topological polar surface area (TPSA) is 101 Å². The van der Waals surface area contributed by atoms with Gasteiger partial charge in [-0.15, -0.1) is 0 Å². The Labute approximate surface area is 185 Å². The summed E-state index contributed by atoms with van der Waals surface area (Å²) >= 11 is 0. The predicted octanol–water partition coefficient (Wildman–Crippen LogP) is 0.556. The summed E-state index contributed by atoms with van der Waals surface area (Å²) in [6.07, 6.45) is 0. The second-order valence-corrected chi connectivity index (χ2v) is 7.35. The van der Waals surface area contributed by atoms with E-state index >= 15 is 0 Å². The van der Waals surface area contributed by atoms with Crippen LogP contribution in [0.25, 0.3) is 27.1 Å². The molecule has 9 heteroatoms. The first kappa shape index (κ1) is 22.3. The molecule has 0 aliphatic rings. The van der Waals surface area contributed by atoms with Crippen LogP contribution in [0.4, 0.5) is 0 Å². The molecule has 0 aliphatic heterocycles. The van der Waals surface area contributed by atoms with Crippen LogP contribution in [0.15, 0.2) is 64.0 Å². The van der Waals surface area contributed by atoms with Crippen LogP contribution in [-0.4, -0.2) is 33.2 Å². The zero-order valence-corrected chi connectivity index (χ0v) is 18.6. The molecule has 0 unspecified atom stereocenters. The van der Waals surface area contributed by atoms with Crippen LogP contribution in [0.2, 0.25) is 0 Å². The van der Waals surface area contributed by atoms with Gasteiger partial charge < -0.3 is 18.8 Å². The number of ether oxygens (including phenoxy) is 1. The zero-order valence-electron chi connectivity index (χ0n) is 15.7. The van der Waals surface area contributed by atoms with E-state index in [0.717, 1.165) is 16.7 Å². The summed E-state index contributed by atoms with van der Waals surface area (Å²) in [6, 6.07) is 15.6. The van der Waals surface area contributed by atoms with Crippen LogP contribution in [0.1, 0.15) is 5.76 Å². The Kier molecular flexibility index (Phi) is 7.56. The number of amides is 1. The van der Waals surface area contributed by atoms with E-state index in [4.69, 9.17) is 4.52 Å². The molecule has 7 nitrogen and oxygen atoms in total. The number of hydrogen-bond donors (Lipinski definition) is 0. The molecule has 28 heavy (non-hydrogen) atoms. The minimum atomic E-state index is -4.08. The molecular formula is C19H17N2NaO5S. The minimum Gasteiger partial charge on any atom is -0.540 e. The number of benzene rings is 2. The maximum atomic E-state index is 12.2. The monoisotopic (exact) mass is 408 g/mol. The number of sulfonamides is 1. The number of aromatic nitrogens is 1. The molecule has 0 fully saturated rings. The molecule has 0 radical (unpaired) electrons. The summed E-state index contributed by atoms with van der Waals surface area (Å²) in [5.74, 6) is -0.243. The molecule has 0 aliphatic carbocycles. The molecule has 2 aromatic carbocycles. The molecule has 0 atom stereocenters. The first-order chi connectivity index (χ1) is 12.9. The first-order valence-electron chi connectivity index (χ1n) is 8.04. The number of hydrogen-bond acceptors (Lipinski definition) is 6. The third-order valence-electron chi connectivity index (χ3n) is 3.84. The first-order valence-corrected chi connectivity index (χ1v) is 9.48. The van der Waals surface area contributed by atoms with Crippen molar-refractivity contribution in [3.63, 3.8) is 0 Å². The molecule has 1 aromatic heterocycles. The summed E-state index contributed by atoms with van der Waals surface area (Å²) in [5.41, 5.74) is 3.08. The second-order valence-electron chi connectivity index (χ2n) is 5.75. The van der Waals surface area contributed by atoms with Crippen molar-refractivity contribution < 1.29 is 52.0 Å². The number of aryl methyl sites for hydroxylation is 1. The molecule has 3 rings (SSSR count). The van der Waals surface area contributed by atoms with Crippen molar-refractivity contribution in [2.45, 2.75) is 11.8 Å². The van der Waals surface area contributed by atoms with Crippen molar-refractivity contribution in [1.82, 2.24) is 5.16 Å². The normalized spacial score (nSPS) is 10.9. The van der Waals surface area contributed by atoms with E-state index in [0.29, 0.717) is 11.5 Å². The summed E-state index contributed by atoms with van der Waals surface area (Å²) in [6.45, 7) is 1.40. The van der Waals surface area contributed by atoms with E-state index in [1.54, 1.807) is 19.1 Å². The van der Waals surface area contributed by atoms with E-state index < -0.39 is 22.5 Å². The number of carbonyl (C=O) groups excluding carboxylic acids is 1. The SMILES string of the molecule is COCC(=O)[N-]S(=O)(=O)c1ccc(-c2c(-c3ccccc3)noc2C)cc1.[Na+]. The number of carbonyl (C=O) groups is 1. The van der Waals surface area contributed by atoms with Crippen LogP contribution in [-0.2, 0) is 19.6 Å². The molecule has 1 amide bonds. The van der Waals surface area contributed by atoms with Crippen LogP contribution in [0.3, 0.4) is 0 Å². The summed E-state index contributed by atoms with van der Waals surface area (Å²) in [7, 11) is -2.79. The Morgan fingerprint density at radius 3 is 2.32 bits per heavy atom. The number of methoxy groups -OCH3 is 1. The van der Waals surface area contributed by atoms with Gasteiger partial charge in [0.05, 0.1) is 23.0 Å². The maximum Gasteiger partial charge on any atom is 1.00 e. The van der Waals surface area contributed by atoms with Crippen LogP contribution < -0.4 is 29.6 Å². The van der Waals surface area contributed by atoms with Gasteiger partial charge in [0.1, 0.15) is 21.5 Å². The Balaban J connectivity index is 0.00000280. The standard InChI is InChI=1S/C19H18N2O5S.Na/c1-13-18(19(20-26-13)15-6-4-3-5-7-15)14-8-10-16(11-9-14)27(23,24)21-17(22)12-25-2;/h3-11H,12H2,1-2H3,(H,21,22);/q;+1/p-1. The van der Waals surface area contributed by atoms with Gasteiger partial charge in [-0.2, -0.15) is 0 Å². The molecule has 1 heterocycles. The number of nitrogens with zero attached hydrogens (tertiary/aromatic N) is 2. The van der Waals surface area contributed by atoms with Crippen molar-refractivity contribution in [1.29, 1.82) is 0 Å². The Morgan fingerprint density at radius 2 is 1.71 bits per heavy atom. The minimum absolute atomic E-state index is 0. The van der Waals surface area contributed by atoms with Gasteiger partial charge in [-0.1, -0.05) is 47.6 Å². The molecule has 0 spiro atoms. The van der Waals surface area contributed by atoms with Crippen molar-refractivity contribution in [3.8, 4) is 22.4 Å². The molecular weight excluding hydrogens is 391 g/mol. The summed E-state index contributed by atoms with van der Waals surface area (Å²) < 4.78 is 37.5. The van der Waals surface area contributed by atoms with Gasteiger partial charge in [-0.25, -0.2) is 8.42 Å². The van der Waals surface area contributed by atoms with Gasteiger partial charge in [-0.05, 0) is 24.6 Å². The molecule has 0 saturated carbocycles. The van der Waals surface area contributed by atoms with E-state index in [1.165, 1.54) is 19.2 Å². The van der Waals surface area contributed by atoms with Gasteiger partial charge in [0.15, 0.2) is 0 Å². The second kappa shape index (κ2) is 9.49. The van der Waals surface area contributed by atoms with Crippen LogP contribution in [0.5, 0.6) is 0 Å². The summed E-state index contributed by atoms with van der Waals surface area (Å²) in [5, 5.41) is 4.12. The third kappa shape index (κ3) is 4.89. The average molecular weight is 408 g/mol. The Bertz CT molecular complexity index is 1050. The van der Waals surface area contributed by atoms with E-state index in [2.05, 4.69) is 14.6 Å². The van der Waals surface area contributed by atoms with Gasteiger partial charge in [-0.3, -0.25) is 0 Å². The van der Waals surface area contributed by atoms with Crippen molar-refractivity contribution in [2.24, 2.45) is 0 Å². The molecule has 0 N–H and O–H groups in total. The van der Waals surface area contributed by atoms with Gasteiger partial charge in [0.25, 0.3) is 0 Å². The van der Waals surface area contributed by atoms with Crippen LogP contribution in [0, 0.1) is 6.92 Å². The fourth-order valence-corrected chi connectivity index (χ4v) is 3.54. The molecule has 0 saturated heterocycles. The smallest absolute Gasteiger partial charge is 0.540 e. The average Bonchev–Trinajstić information content (AvgIpc) is 3.04. The maximum absolute atomic E-state index is 12.2. The van der Waals surface area contributed by atoms with Gasteiger partial charge in [0.2, 0.25) is 0 Å². The third-order valence-corrected chi connectivity index (χ3v) is 5.15. The largest absolute Gasteiger partial charge is 1.00 e. The fourth-order valence-electron chi connectivity index (χ4n) is 2.64. The van der Waals surface area contributed by atoms with Crippen molar-refractivity contribution in [2.75, 3.05) is 13.7 Å². The van der Waals surface area contributed by atoms with Crippen molar-refractivity contribution in [3.05, 3.63) is 65.1 Å².